The topological polar surface area (TPSA) is 0 Å². The van der Waals surface area contributed by atoms with Crippen LogP contribution < -0.4 is 0 Å². The molecule has 0 rings (SSSR count). The van der Waals surface area contributed by atoms with Crippen molar-refractivity contribution in [3.05, 3.63) is 25.3 Å². The van der Waals surface area contributed by atoms with E-state index in [1.165, 1.54) is 8.35 Å². The quantitative estimate of drug-likeness (QED) is 0.413. The van der Waals surface area contributed by atoms with E-state index in [0.717, 1.165) is 0 Å². The van der Waals surface area contributed by atoms with E-state index in [1.807, 2.05) is 12.2 Å². The average molecular weight is 261 g/mol. The van der Waals surface area contributed by atoms with Gasteiger partial charge in [-0.1, -0.05) is 0 Å². The zero-order valence-corrected chi connectivity index (χ0v) is 8.08. The maximum absolute atomic E-state index is 3.65. The van der Waals surface area contributed by atoms with Crippen LogP contribution in [0.15, 0.2) is 25.3 Å². The number of hydrogen-bond acceptors (Lipinski definition) is 0. The molecular weight excluding hydrogens is 251 g/mol. The zero-order valence-electron chi connectivity index (χ0n) is 4.48. The molecule has 7 heavy (non-hydrogen) atoms. The minimum absolute atomic E-state index is 0.235. The van der Waals surface area contributed by atoms with Crippen LogP contribution >= 0.6 is 0 Å². The second-order valence-corrected chi connectivity index (χ2v) is 5.97. The SMILES string of the molecule is C=C[CH2][Hf][CH2]C=C. The summed E-state index contributed by atoms with van der Waals surface area (Å²) in [7, 11) is 0. The predicted octanol–water partition coefficient (Wildman–Crippen LogP) is 2.28. The Hall–Kier alpha value is 0.350. The fourth-order valence-electron chi connectivity index (χ4n) is 0.287. The third-order valence-corrected chi connectivity index (χ3v) is 4.73. The van der Waals surface area contributed by atoms with Gasteiger partial charge in [0.2, 0.25) is 0 Å². The second-order valence-electron chi connectivity index (χ2n) is 1.24. The molecule has 0 aromatic carbocycles. The van der Waals surface area contributed by atoms with Crippen LogP contribution in [0.3, 0.4) is 0 Å². The molecule has 0 amide bonds. The van der Waals surface area contributed by atoms with Gasteiger partial charge >= 0.3 is 56.6 Å². The van der Waals surface area contributed by atoms with Gasteiger partial charge in [0.05, 0.1) is 0 Å². The molecule has 38 valence electrons. The van der Waals surface area contributed by atoms with Crippen LogP contribution in [0, 0.1) is 0 Å². The fourth-order valence-corrected chi connectivity index (χ4v) is 2.35. The number of hydrogen-bond donors (Lipinski definition) is 0. The van der Waals surface area contributed by atoms with Crippen LogP contribution in [0.2, 0.25) is 8.35 Å². The Morgan fingerprint density at radius 1 is 1.14 bits per heavy atom. The summed E-state index contributed by atoms with van der Waals surface area (Å²) in [4.78, 5) is 0. The van der Waals surface area contributed by atoms with E-state index >= 15 is 0 Å². The van der Waals surface area contributed by atoms with Crippen LogP contribution in [0.4, 0.5) is 0 Å². The third-order valence-electron chi connectivity index (χ3n) is 0.577. The van der Waals surface area contributed by atoms with Crippen molar-refractivity contribution in [2.45, 2.75) is 8.35 Å². The standard InChI is InChI=1S/2C3H5.Hf/c2*1-3-2;/h2*3H,1-2H2;. The Bertz CT molecular complexity index is 49.2. The third kappa shape index (κ3) is 6.35. The molecule has 0 aliphatic carbocycles. The van der Waals surface area contributed by atoms with E-state index < -0.39 is 0 Å². The summed E-state index contributed by atoms with van der Waals surface area (Å²) in [6.07, 6.45) is 4.04. The summed E-state index contributed by atoms with van der Waals surface area (Å²) in [5, 5.41) is 0. The van der Waals surface area contributed by atoms with E-state index in [2.05, 4.69) is 13.2 Å². The Kier molecular flexibility index (Phi) is 6.67. The predicted molar refractivity (Wildman–Crippen MR) is 30.0 cm³/mol. The first kappa shape index (κ1) is 7.35. The molecule has 0 nitrogen and oxygen atoms in total. The summed E-state index contributed by atoms with van der Waals surface area (Å²) in [5.41, 5.74) is 0. The maximum atomic E-state index is 3.65. The van der Waals surface area contributed by atoms with Crippen molar-refractivity contribution >= 4 is 0 Å². The van der Waals surface area contributed by atoms with E-state index in [0.29, 0.717) is 0 Å². The molecule has 0 fully saturated rings. The summed E-state index contributed by atoms with van der Waals surface area (Å²) in [6.45, 7) is 7.29. The first-order chi connectivity index (χ1) is 3.41. The van der Waals surface area contributed by atoms with E-state index in [9.17, 15) is 0 Å². The molecule has 0 aromatic rings. The van der Waals surface area contributed by atoms with Crippen LogP contribution in [0.5, 0.6) is 0 Å². The molecule has 0 atom stereocenters. The van der Waals surface area contributed by atoms with Gasteiger partial charge in [0.15, 0.2) is 0 Å². The molecule has 0 heterocycles. The van der Waals surface area contributed by atoms with Crippen LogP contribution in [0.1, 0.15) is 0 Å². The van der Waals surface area contributed by atoms with Gasteiger partial charge in [-0.15, -0.1) is 0 Å². The van der Waals surface area contributed by atoms with Crippen molar-refractivity contribution in [3.8, 4) is 0 Å². The van der Waals surface area contributed by atoms with Gasteiger partial charge in [-0.05, 0) is 0 Å². The van der Waals surface area contributed by atoms with Crippen molar-refractivity contribution in [1.29, 1.82) is 0 Å². The summed E-state index contributed by atoms with van der Waals surface area (Å²) < 4.78 is 2.62. The van der Waals surface area contributed by atoms with Crippen LogP contribution in [-0.2, 0) is 22.9 Å². The van der Waals surface area contributed by atoms with Crippen molar-refractivity contribution < 1.29 is 22.9 Å². The fraction of sp³-hybridized carbons (Fsp3) is 0.333. The summed E-state index contributed by atoms with van der Waals surface area (Å²) in [5.74, 6) is 0. The average Bonchev–Trinajstić information content (AvgIpc) is 1.69. The molecule has 0 aliphatic heterocycles. The molecule has 0 saturated heterocycles. The molecule has 0 unspecified atom stereocenters. The molecule has 0 aliphatic rings. The normalized spacial score (nSPS) is 7.43. The second kappa shape index (κ2) is 6.35. The van der Waals surface area contributed by atoms with E-state index in [4.69, 9.17) is 0 Å². The molecule has 0 spiro atoms. The van der Waals surface area contributed by atoms with Gasteiger partial charge in [-0.3, -0.25) is 0 Å². The Morgan fingerprint density at radius 2 is 1.57 bits per heavy atom. The summed E-state index contributed by atoms with van der Waals surface area (Å²) in [6, 6.07) is 0. The summed E-state index contributed by atoms with van der Waals surface area (Å²) >= 11 is -0.235. The molecule has 0 saturated carbocycles. The zero-order chi connectivity index (χ0) is 5.54. The van der Waals surface area contributed by atoms with Crippen molar-refractivity contribution in [2.24, 2.45) is 0 Å². The number of rotatable bonds is 4. The van der Waals surface area contributed by atoms with Crippen molar-refractivity contribution in [2.75, 3.05) is 0 Å². The Labute approximate surface area is 56.7 Å². The molecule has 0 N–H and O–H groups in total. The van der Waals surface area contributed by atoms with Gasteiger partial charge in [0.1, 0.15) is 0 Å². The van der Waals surface area contributed by atoms with E-state index in [-0.39, 0.29) is 22.9 Å². The van der Waals surface area contributed by atoms with Crippen LogP contribution in [-0.4, -0.2) is 0 Å². The van der Waals surface area contributed by atoms with Gasteiger partial charge < -0.3 is 0 Å². The van der Waals surface area contributed by atoms with E-state index in [1.54, 1.807) is 0 Å². The van der Waals surface area contributed by atoms with Crippen LogP contribution in [0.25, 0.3) is 0 Å². The minimum atomic E-state index is -0.235. The molecule has 0 radical (unpaired) electrons. The van der Waals surface area contributed by atoms with Gasteiger partial charge in [-0.2, -0.15) is 0 Å². The van der Waals surface area contributed by atoms with Gasteiger partial charge in [-0.25, -0.2) is 0 Å². The van der Waals surface area contributed by atoms with Crippen molar-refractivity contribution in [1.82, 2.24) is 0 Å². The Balaban J connectivity index is 2.68. The number of allylic oxidation sites excluding steroid dienone is 2. The Morgan fingerprint density at radius 3 is 1.86 bits per heavy atom. The molecule has 0 aromatic heterocycles. The van der Waals surface area contributed by atoms with Gasteiger partial charge in [0, 0.05) is 0 Å². The first-order valence-corrected chi connectivity index (χ1v) is 7.42. The first-order valence-electron chi connectivity index (χ1n) is 2.34. The molecule has 1 heteroatoms. The van der Waals surface area contributed by atoms with Gasteiger partial charge in [0.25, 0.3) is 0 Å². The monoisotopic (exact) mass is 262 g/mol. The van der Waals surface area contributed by atoms with Crippen molar-refractivity contribution in [3.63, 3.8) is 0 Å². The molecule has 0 bridgehead atoms. The molecular formula is C6H10Hf.